The van der Waals surface area contributed by atoms with E-state index in [1.54, 1.807) is 13.0 Å². The zero-order valence-corrected chi connectivity index (χ0v) is 15.4. The molecule has 0 spiro atoms. The van der Waals surface area contributed by atoms with Crippen molar-refractivity contribution < 1.29 is 4.79 Å². The first-order valence-corrected chi connectivity index (χ1v) is 8.49. The number of anilines is 4. The van der Waals surface area contributed by atoms with Crippen LogP contribution in [-0.4, -0.2) is 15.8 Å². The summed E-state index contributed by atoms with van der Waals surface area (Å²) in [5, 5.41) is 6.60. The van der Waals surface area contributed by atoms with Crippen molar-refractivity contribution in [2.24, 2.45) is 0 Å². The molecule has 0 fully saturated rings. The SMILES string of the molecule is CC(=O)c1cccc(Nc2cc(Nc3ccc(C)cc3C)nc(C)n2)c1. The summed E-state index contributed by atoms with van der Waals surface area (Å²) in [4.78, 5) is 20.5. The van der Waals surface area contributed by atoms with Crippen LogP contribution >= 0.6 is 0 Å². The Bertz CT molecular complexity index is 966. The summed E-state index contributed by atoms with van der Waals surface area (Å²) in [6.45, 7) is 7.54. The van der Waals surface area contributed by atoms with Gasteiger partial charge in [0.15, 0.2) is 5.78 Å². The Morgan fingerprint density at radius 1 is 0.885 bits per heavy atom. The van der Waals surface area contributed by atoms with Crippen LogP contribution in [0.15, 0.2) is 48.5 Å². The molecule has 0 radical (unpaired) electrons. The standard InChI is InChI=1S/C21H22N4O/c1-13-8-9-19(14(2)10-13)25-21-12-20(22-16(4)23-21)24-18-7-5-6-17(11-18)15(3)26/h5-12H,1-4H3,(H2,22,23,24,25). The Balaban J connectivity index is 1.85. The van der Waals surface area contributed by atoms with Gasteiger partial charge in [0.05, 0.1) is 0 Å². The normalized spacial score (nSPS) is 10.5. The van der Waals surface area contributed by atoms with Gasteiger partial charge in [-0.25, -0.2) is 9.97 Å². The van der Waals surface area contributed by atoms with Crippen LogP contribution in [0.25, 0.3) is 0 Å². The monoisotopic (exact) mass is 346 g/mol. The van der Waals surface area contributed by atoms with Gasteiger partial charge in [-0.15, -0.1) is 0 Å². The van der Waals surface area contributed by atoms with Crippen molar-refractivity contribution in [1.82, 2.24) is 9.97 Å². The second-order valence-corrected chi connectivity index (χ2v) is 6.39. The van der Waals surface area contributed by atoms with E-state index in [-0.39, 0.29) is 5.78 Å². The lowest BCUT2D eigenvalue weighted by molar-refractivity contribution is 0.101. The molecule has 0 aliphatic heterocycles. The summed E-state index contributed by atoms with van der Waals surface area (Å²) in [5.74, 6) is 2.08. The molecule has 5 heteroatoms. The quantitative estimate of drug-likeness (QED) is 0.630. The topological polar surface area (TPSA) is 66.9 Å². The smallest absolute Gasteiger partial charge is 0.159 e. The second kappa shape index (κ2) is 7.35. The van der Waals surface area contributed by atoms with Crippen molar-refractivity contribution in [1.29, 1.82) is 0 Å². The van der Waals surface area contributed by atoms with Crippen LogP contribution < -0.4 is 10.6 Å². The average molecular weight is 346 g/mol. The molecule has 5 nitrogen and oxygen atoms in total. The maximum atomic E-state index is 11.6. The minimum atomic E-state index is 0.0321. The van der Waals surface area contributed by atoms with Crippen molar-refractivity contribution in [3.63, 3.8) is 0 Å². The number of aryl methyl sites for hydroxylation is 3. The van der Waals surface area contributed by atoms with Crippen LogP contribution in [0, 0.1) is 20.8 Å². The number of rotatable bonds is 5. The van der Waals surface area contributed by atoms with Crippen molar-refractivity contribution >= 4 is 28.8 Å². The van der Waals surface area contributed by atoms with E-state index in [1.165, 1.54) is 5.56 Å². The average Bonchev–Trinajstić information content (AvgIpc) is 2.57. The van der Waals surface area contributed by atoms with Gasteiger partial charge in [-0.3, -0.25) is 4.79 Å². The van der Waals surface area contributed by atoms with E-state index < -0.39 is 0 Å². The van der Waals surface area contributed by atoms with Gasteiger partial charge < -0.3 is 10.6 Å². The van der Waals surface area contributed by atoms with E-state index in [9.17, 15) is 4.79 Å². The highest BCUT2D eigenvalue weighted by Gasteiger charge is 2.06. The first kappa shape index (κ1) is 17.6. The summed E-state index contributed by atoms with van der Waals surface area (Å²) in [5.41, 5.74) is 4.87. The highest BCUT2D eigenvalue weighted by atomic mass is 16.1. The summed E-state index contributed by atoms with van der Waals surface area (Å²) in [6, 6.07) is 15.5. The summed E-state index contributed by atoms with van der Waals surface area (Å²) in [7, 11) is 0. The van der Waals surface area contributed by atoms with Gasteiger partial charge in [-0.2, -0.15) is 0 Å². The Hall–Kier alpha value is -3.21. The lowest BCUT2D eigenvalue weighted by Crippen LogP contribution is -2.03. The van der Waals surface area contributed by atoms with Crippen LogP contribution in [0.5, 0.6) is 0 Å². The molecule has 2 N–H and O–H groups in total. The first-order chi connectivity index (χ1) is 12.4. The number of hydrogen-bond acceptors (Lipinski definition) is 5. The fourth-order valence-electron chi connectivity index (χ4n) is 2.75. The van der Waals surface area contributed by atoms with Gasteiger partial charge in [0, 0.05) is 23.0 Å². The molecule has 0 amide bonds. The highest BCUT2D eigenvalue weighted by Crippen LogP contribution is 2.23. The van der Waals surface area contributed by atoms with Crippen LogP contribution in [0.4, 0.5) is 23.0 Å². The van der Waals surface area contributed by atoms with Crippen LogP contribution in [0.1, 0.15) is 34.2 Å². The Kier molecular flexibility index (Phi) is 4.98. The molecule has 1 heterocycles. The molecule has 0 aliphatic carbocycles. The molecule has 0 saturated carbocycles. The van der Waals surface area contributed by atoms with Crippen molar-refractivity contribution in [2.45, 2.75) is 27.7 Å². The Morgan fingerprint density at radius 3 is 2.31 bits per heavy atom. The minimum Gasteiger partial charge on any atom is -0.340 e. The Morgan fingerprint density at radius 2 is 1.62 bits per heavy atom. The molecule has 26 heavy (non-hydrogen) atoms. The molecule has 132 valence electrons. The number of carbonyl (C=O) groups excluding carboxylic acids is 1. The number of carbonyl (C=O) groups is 1. The van der Waals surface area contributed by atoms with E-state index in [0.29, 0.717) is 17.2 Å². The predicted molar refractivity (Wildman–Crippen MR) is 106 cm³/mol. The zero-order chi connectivity index (χ0) is 18.7. The summed E-state index contributed by atoms with van der Waals surface area (Å²) >= 11 is 0. The Labute approximate surface area is 153 Å². The third-order valence-corrected chi connectivity index (χ3v) is 4.02. The second-order valence-electron chi connectivity index (χ2n) is 6.39. The van der Waals surface area contributed by atoms with Gasteiger partial charge in [-0.1, -0.05) is 29.8 Å². The molecule has 0 bridgehead atoms. The molecular formula is C21H22N4O. The number of hydrogen-bond donors (Lipinski definition) is 2. The van der Waals surface area contributed by atoms with Gasteiger partial charge in [0.1, 0.15) is 17.5 Å². The third-order valence-electron chi connectivity index (χ3n) is 4.02. The van der Waals surface area contributed by atoms with E-state index in [4.69, 9.17) is 0 Å². The molecule has 3 aromatic rings. The van der Waals surface area contributed by atoms with Gasteiger partial charge in [-0.05, 0) is 51.5 Å². The van der Waals surface area contributed by atoms with Gasteiger partial charge >= 0.3 is 0 Å². The lowest BCUT2D eigenvalue weighted by atomic mass is 10.1. The first-order valence-electron chi connectivity index (χ1n) is 8.49. The largest absolute Gasteiger partial charge is 0.340 e. The van der Waals surface area contributed by atoms with Crippen LogP contribution in [0.2, 0.25) is 0 Å². The molecule has 1 aromatic heterocycles. The molecule has 0 unspecified atom stereocenters. The molecular weight excluding hydrogens is 324 g/mol. The fraction of sp³-hybridized carbons (Fsp3) is 0.190. The molecule has 0 aliphatic rings. The molecule has 3 rings (SSSR count). The van der Waals surface area contributed by atoms with Crippen LogP contribution in [-0.2, 0) is 0 Å². The van der Waals surface area contributed by atoms with Crippen molar-refractivity contribution in [3.05, 3.63) is 71.0 Å². The number of ketones is 1. The van der Waals surface area contributed by atoms with E-state index in [2.05, 4.69) is 46.6 Å². The van der Waals surface area contributed by atoms with Crippen molar-refractivity contribution in [2.75, 3.05) is 10.6 Å². The van der Waals surface area contributed by atoms with Crippen molar-refractivity contribution in [3.8, 4) is 0 Å². The van der Waals surface area contributed by atoms with E-state index in [1.807, 2.05) is 37.3 Å². The summed E-state index contributed by atoms with van der Waals surface area (Å²) in [6.07, 6.45) is 0. The van der Waals surface area contributed by atoms with E-state index >= 15 is 0 Å². The number of nitrogens with zero attached hydrogens (tertiary/aromatic N) is 2. The van der Waals surface area contributed by atoms with E-state index in [0.717, 1.165) is 22.8 Å². The fourth-order valence-corrected chi connectivity index (χ4v) is 2.75. The number of aromatic nitrogens is 2. The number of Topliss-reactive ketones (excluding diaryl/α,β-unsaturated/α-hetero) is 1. The molecule has 0 atom stereocenters. The third kappa shape index (κ3) is 4.25. The van der Waals surface area contributed by atoms with Gasteiger partial charge in [0.2, 0.25) is 0 Å². The van der Waals surface area contributed by atoms with Crippen LogP contribution in [0.3, 0.4) is 0 Å². The maximum absolute atomic E-state index is 11.6. The highest BCUT2D eigenvalue weighted by molar-refractivity contribution is 5.95. The maximum Gasteiger partial charge on any atom is 0.159 e. The number of benzene rings is 2. The molecule has 2 aromatic carbocycles. The molecule has 0 saturated heterocycles. The predicted octanol–water partition coefficient (Wildman–Crippen LogP) is 5.09. The zero-order valence-electron chi connectivity index (χ0n) is 15.4. The van der Waals surface area contributed by atoms with Gasteiger partial charge in [0.25, 0.3) is 0 Å². The number of nitrogens with one attached hydrogen (secondary N) is 2. The lowest BCUT2D eigenvalue weighted by Gasteiger charge is -2.12. The summed E-state index contributed by atoms with van der Waals surface area (Å²) < 4.78 is 0. The minimum absolute atomic E-state index is 0.0321.